The fourth-order valence-electron chi connectivity index (χ4n) is 3.75. The van der Waals surface area contributed by atoms with Crippen LogP contribution in [0.3, 0.4) is 0 Å². The second-order valence-corrected chi connectivity index (χ2v) is 7.37. The molecule has 1 saturated heterocycles. The molecule has 118 valence electrons. The van der Waals surface area contributed by atoms with E-state index in [-0.39, 0.29) is 5.60 Å². The van der Waals surface area contributed by atoms with Crippen LogP contribution in [0.1, 0.15) is 56.4 Å². The molecule has 1 aromatic rings. The van der Waals surface area contributed by atoms with Crippen molar-refractivity contribution in [2.45, 2.75) is 57.1 Å². The maximum atomic E-state index is 6.10. The van der Waals surface area contributed by atoms with Crippen LogP contribution in [0.4, 0.5) is 0 Å². The minimum atomic E-state index is 0.208. The van der Waals surface area contributed by atoms with Crippen molar-refractivity contribution in [2.24, 2.45) is 5.92 Å². The summed E-state index contributed by atoms with van der Waals surface area (Å²) in [4.78, 5) is 1.37. The first-order valence-electron chi connectivity index (χ1n) is 8.27. The van der Waals surface area contributed by atoms with E-state index in [1.165, 1.54) is 37.0 Å². The van der Waals surface area contributed by atoms with Crippen molar-refractivity contribution in [3.05, 3.63) is 16.3 Å². The third-order valence-electron chi connectivity index (χ3n) is 5.04. The van der Waals surface area contributed by atoms with E-state index in [9.17, 15) is 0 Å². The SMILES string of the molecule is CCCNC(c1sccc1OC)C1CCOC2(CCC2)C1. The standard InChI is InChI=1S/C17H27NO2S/c1-3-9-18-15(16-14(19-2)6-11-21-16)13-5-10-20-17(12-13)7-4-8-17/h6,11,13,15,18H,3-5,7-10,12H2,1-2H3. The van der Waals surface area contributed by atoms with Crippen molar-refractivity contribution in [2.75, 3.05) is 20.3 Å². The van der Waals surface area contributed by atoms with E-state index in [1.54, 1.807) is 7.11 Å². The van der Waals surface area contributed by atoms with Gasteiger partial charge in [-0.15, -0.1) is 11.3 Å². The highest BCUT2D eigenvalue weighted by Crippen LogP contribution is 2.48. The molecule has 2 atom stereocenters. The molecular weight excluding hydrogens is 282 g/mol. The van der Waals surface area contributed by atoms with Crippen LogP contribution in [-0.4, -0.2) is 25.9 Å². The van der Waals surface area contributed by atoms with Gasteiger partial charge in [-0.1, -0.05) is 6.92 Å². The average molecular weight is 309 g/mol. The Labute approximate surface area is 132 Å². The number of methoxy groups -OCH3 is 1. The number of ether oxygens (including phenoxy) is 2. The lowest BCUT2D eigenvalue weighted by Crippen LogP contribution is -2.48. The highest BCUT2D eigenvalue weighted by molar-refractivity contribution is 7.10. The van der Waals surface area contributed by atoms with Crippen molar-refractivity contribution in [3.63, 3.8) is 0 Å². The molecule has 3 nitrogen and oxygen atoms in total. The molecule has 1 saturated carbocycles. The molecule has 1 aliphatic carbocycles. The summed E-state index contributed by atoms with van der Waals surface area (Å²) in [5.74, 6) is 1.71. The van der Waals surface area contributed by atoms with Crippen LogP contribution in [0.2, 0.25) is 0 Å². The van der Waals surface area contributed by atoms with Gasteiger partial charge in [-0.05, 0) is 62.4 Å². The van der Waals surface area contributed by atoms with E-state index >= 15 is 0 Å². The first-order chi connectivity index (χ1) is 10.3. The first kappa shape index (κ1) is 15.3. The van der Waals surface area contributed by atoms with Gasteiger partial charge in [-0.3, -0.25) is 0 Å². The topological polar surface area (TPSA) is 30.5 Å². The van der Waals surface area contributed by atoms with E-state index in [0.29, 0.717) is 12.0 Å². The highest BCUT2D eigenvalue weighted by Gasteiger charge is 2.44. The molecular formula is C17H27NO2S. The van der Waals surface area contributed by atoms with Gasteiger partial charge in [0, 0.05) is 12.6 Å². The van der Waals surface area contributed by atoms with E-state index in [4.69, 9.17) is 9.47 Å². The molecule has 2 aliphatic rings. The molecule has 2 unspecified atom stereocenters. The summed E-state index contributed by atoms with van der Waals surface area (Å²) >= 11 is 1.82. The summed E-state index contributed by atoms with van der Waals surface area (Å²) < 4.78 is 11.7. The molecule has 0 bridgehead atoms. The van der Waals surface area contributed by atoms with Gasteiger partial charge in [0.2, 0.25) is 0 Å². The summed E-state index contributed by atoms with van der Waals surface area (Å²) in [7, 11) is 1.78. The fourth-order valence-corrected chi connectivity index (χ4v) is 4.78. The van der Waals surface area contributed by atoms with Crippen molar-refractivity contribution >= 4 is 11.3 Å². The Morgan fingerprint density at radius 3 is 3.05 bits per heavy atom. The average Bonchev–Trinajstić information content (AvgIpc) is 2.95. The Bertz CT molecular complexity index is 455. The molecule has 21 heavy (non-hydrogen) atoms. The van der Waals surface area contributed by atoms with Gasteiger partial charge in [0.15, 0.2) is 0 Å². The van der Waals surface area contributed by atoms with Gasteiger partial charge in [0.05, 0.1) is 17.6 Å². The minimum absolute atomic E-state index is 0.208. The molecule has 1 N–H and O–H groups in total. The predicted molar refractivity (Wildman–Crippen MR) is 87.2 cm³/mol. The Kier molecular flexibility index (Phi) is 4.87. The lowest BCUT2D eigenvalue weighted by Gasteiger charge is -2.48. The Morgan fingerprint density at radius 2 is 2.38 bits per heavy atom. The summed E-state index contributed by atoms with van der Waals surface area (Å²) in [5, 5.41) is 5.92. The molecule has 1 spiro atoms. The third-order valence-corrected chi connectivity index (χ3v) is 6.02. The number of thiophene rings is 1. The van der Waals surface area contributed by atoms with Crippen molar-refractivity contribution in [3.8, 4) is 5.75 Å². The molecule has 0 aromatic carbocycles. The summed E-state index contributed by atoms with van der Waals surface area (Å²) in [6, 6.07) is 2.51. The normalized spacial score (nSPS) is 25.5. The zero-order valence-corrected chi connectivity index (χ0v) is 14.0. The monoisotopic (exact) mass is 309 g/mol. The Hall–Kier alpha value is -0.580. The molecule has 0 amide bonds. The third kappa shape index (κ3) is 3.13. The number of hydrogen-bond donors (Lipinski definition) is 1. The van der Waals surface area contributed by atoms with Crippen LogP contribution in [0.5, 0.6) is 5.75 Å². The van der Waals surface area contributed by atoms with Crippen LogP contribution in [0.15, 0.2) is 11.4 Å². The first-order valence-corrected chi connectivity index (χ1v) is 9.15. The van der Waals surface area contributed by atoms with Crippen molar-refractivity contribution < 1.29 is 9.47 Å². The van der Waals surface area contributed by atoms with E-state index < -0.39 is 0 Å². The number of hydrogen-bond acceptors (Lipinski definition) is 4. The Morgan fingerprint density at radius 1 is 1.52 bits per heavy atom. The van der Waals surface area contributed by atoms with Gasteiger partial charge >= 0.3 is 0 Å². The van der Waals surface area contributed by atoms with Gasteiger partial charge < -0.3 is 14.8 Å². The van der Waals surface area contributed by atoms with Gasteiger partial charge in [-0.2, -0.15) is 0 Å². The smallest absolute Gasteiger partial charge is 0.134 e. The van der Waals surface area contributed by atoms with Gasteiger partial charge in [-0.25, -0.2) is 0 Å². The number of nitrogens with one attached hydrogen (secondary N) is 1. The quantitative estimate of drug-likeness (QED) is 0.856. The largest absolute Gasteiger partial charge is 0.496 e. The second-order valence-electron chi connectivity index (χ2n) is 6.42. The lowest BCUT2D eigenvalue weighted by molar-refractivity contribution is -0.147. The maximum Gasteiger partial charge on any atom is 0.134 e. The summed E-state index contributed by atoms with van der Waals surface area (Å²) in [5.41, 5.74) is 0.208. The van der Waals surface area contributed by atoms with Gasteiger partial charge in [0.1, 0.15) is 5.75 Å². The molecule has 0 radical (unpaired) electrons. The van der Waals surface area contributed by atoms with E-state index in [1.807, 2.05) is 11.3 Å². The molecule has 2 heterocycles. The molecule has 3 rings (SSSR count). The molecule has 1 aliphatic heterocycles. The lowest BCUT2D eigenvalue weighted by atomic mass is 9.70. The zero-order chi connectivity index (χ0) is 14.7. The van der Waals surface area contributed by atoms with Crippen molar-refractivity contribution in [1.82, 2.24) is 5.32 Å². The zero-order valence-electron chi connectivity index (χ0n) is 13.2. The van der Waals surface area contributed by atoms with E-state index in [0.717, 1.165) is 25.3 Å². The predicted octanol–water partition coefficient (Wildman–Crippen LogP) is 4.15. The van der Waals surface area contributed by atoms with Crippen LogP contribution in [-0.2, 0) is 4.74 Å². The van der Waals surface area contributed by atoms with Crippen LogP contribution in [0.25, 0.3) is 0 Å². The molecule has 1 aromatic heterocycles. The summed E-state index contributed by atoms with van der Waals surface area (Å²) in [6.07, 6.45) is 7.37. The Balaban J connectivity index is 1.78. The summed E-state index contributed by atoms with van der Waals surface area (Å²) in [6.45, 7) is 4.21. The van der Waals surface area contributed by atoms with Crippen LogP contribution < -0.4 is 10.1 Å². The number of rotatable bonds is 6. The van der Waals surface area contributed by atoms with E-state index in [2.05, 4.69) is 23.7 Å². The van der Waals surface area contributed by atoms with Crippen molar-refractivity contribution in [1.29, 1.82) is 0 Å². The molecule has 4 heteroatoms. The highest BCUT2D eigenvalue weighted by atomic mass is 32.1. The van der Waals surface area contributed by atoms with Crippen LogP contribution >= 0.6 is 11.3 Å². The minimum Gasteiger partial charge on any atom is -0.496 e. The molecule has 2 fully saturated rings. The van der Waals surface area contributed by atoms with Gasteiger partial charge in [0.25, 0.3) is 0 Å². The van der Waals surface area contributed by atoms with Crippen LogP contribution in [0, 0.1) is 5.92 Å². The maximum absolute atomic E-state index is 6.10. The second kappa shape index (κ2) is 6.67. The fraction of sp³-hybridized carbons (Fsp3) is 0.765.